The molecule has 126 valence electrons. The highest BCUT2D eigenvalue weighted by Gasteiger charge is 2.59. The van der Waals surface area contributed by atoms with Crippen molar-refractivity contribution in [1.29, 1.82) is 0 Å². The van der Waals surface area contributed by atoms with Crippen LogP contribution in [0.5, 0.6) is 0 Å². The van der Waals surface area contributed by atoms with Gasteiger partial charge in [0.15, 0.2) is 0 Å². The molecule has 4 aliphatic rings. The van der Waals surface area contributed by atoms with Crippen molar-refractivity contribution >= 4 is 0 Å². The van der Waals surface area contributed by atoms with E-state index in [9.17, 15) is 5.11 Å². The van der Waals surface area contributed by atoms with Crippen molar-refractivity contribution in [2.45, 2.75) is 83.8 Å². The van der Waals surface area contributed by atoms with Crippen LogP contribution in [0.2, 0.25) is 0 Å². The number of aliphatic hydroxyl groups is 1. The maximum atomic E-state index is 10.5. The van der Waals surface area contributed by atoms with Crippen molar-refractivity contribution in [3.63, 3.8) is 0 Å². The number of rotatable bonds is 0. The molecule has 0 bridgehead atoms. The van der Waals surface area contributed by atoms with Gasteiger partial charge >= 0.3 is 0 Å². The largest absolute Gasteiger partial charge is 0.390 e. The molecular formula is C20H35NO. The van der Waals surface area contributed by atoms with Gasteiger partial charge in [-0.1, -0.05) is 13.8 Å². The highest BCUT2D eigenvalue weighted by molar-refractivity contribution is 5.10. The topological polar surface area (TPSA) is 46.2 Å². The van der Waals surface area contributed by atoms with Crippen molar-refractivity contribution in [1.82, 2.24) is 0 Å². The summed E-state index contributed by atoms with van der Waals surface area (Å²) in [5, 5.41) is 10.5. The molecule has 0 aromatic heterocycles. The minimum Gasteiger partial charge on any atom is -0.390 e. The molecule has 2 nitrogen and oxygen atoms in total. The molecule has 4 aliphatic carbocycles. The molecule has 6 unspecified atom stereocenters. The monoisotopic (exact) mass is 305 g/mol. The van der Waals surface area contributed by atoms with E-state index in [-0.39, 0.29) is 0 Å². The first kappa shape index (κ1) is 15.4. The van der Waals surface area contributed by atoms with Crippen LogP contribution in [0.4, 0.5) is 0 Å². The first-order chi connectivity index (χ1) is 10.3. The Morgan fingerprint density at radius 2 is 1.73 bits per heavy atom. The Bertz CT molecular complexity index is 447. The second-order valence-electron chi connectivity index (χ2n) is 9.86. The van der Waals surface area contributed by atoms with Crippen molar-refractivity contribution in [2.75, 3.05) is 0 Å². The molecule has 9 atom stereocenters. The fourth-order valence-electron chi connectivity index (χ4n) is 7.52. The van der Waals surface area contributed by atoms with Crippen LogP contribution in [0.25, 0.3) is 0 Å². The van der Waals surface area contributed by atoms with Gasteiger partial charge in [0.2, 0.25) is 0 Å². The highest BCUT2D eigenvalue weighted by atomic mass is 16.3. The summed E-state index contributed by atoms with van der Waals surface area (Å²) in [5.41, 5.74) is 6.58. The van der Waals surface area contributed by atoms with Gasteiger partial charge in [0, 0.05) is 6.04 Å². The zero-order valence-corrected chi connectivity index (χ0v) is 14.7. The van der Waals surface area contributed by atoms with E-state index in [1.807, 2.05) is 0 Å². The van der Waals surface area contributed by atoms with E-state index >= 15 is 0 Å². The fraction of sp³-hybridized carbons (Fsp3) is 1.00. The first-order valence-corrected chi connectivity index (χ1v) is 9.81. The number of fused-ring (bicyclic) bond motifs is 5. The van der Waals surface area contributed by atoms with Crippen LogP contribution in [0.15, 0.2) is 0 Å². The molecular weight excluding hydrogens is 270 g/mol. The summed E-state index contributed by atoms with van der Waals surface area (Å²) in [6.45, 7) is 7.05. The van der Waals surface area contributed by atoms with Gasteiger partial charge in [-0.3, -0.25) is 0 Å². The van der Waals surface area contributed by atoms with Crippen molar-refractivity contribution in [3.8, 4) is 0 Å². The van der Waals surface area contributed by atoms with Crippen LogP contribution in [0, 0.1) is 40.9 Å². The first-order valence-electron chi connectivity index (χ1n) is 9.81. The van der Waals surface area contributed by atoms with Crippen LogP contribution in [-0.2, 0) is 0 Å². The fourth-order valence-corrected chi connectivity index (χ4v) is 7.52. The molecule has 4 saturated carbocycles. The average molecular weight is 306 g/mol. The van der Waals surface area contributed by atoms with E-state index in [0.29, 0.717) is 11.5 Å². The zero-order chi connectivity index (χ0) is 15.7. The van der Waals surface area contributed by atoms with Gasteiger partial charge in [0.05, 0.1) is 5.60 Å². The van der Waals surface area contributed by atoms with E-state index in [4.69, 9.17) is 5.73 Å². The summed E-state index contributed by atoms with van der Waals surface area (Å²) in [4.78, 5) is 0. The van der Waals surface area contributed by atoms with Gasteiger partial charge in [-0.05, 0) is 99.2 Å². The molecule has 4 fully saturated rings. The number of hydrogen-bond donors (Lipinski definition) is 2. The molecule has 0 aromatic rings. The highest BCUT2D eigenvalue weighted by Crippen LogP contribution is 2.64. The molecule has 0 heterocycles. The normalized spacial score (nSPS) is 61.2. The predicted octanol–water partition coefficient (Wildman–Crippen LogP) is 3.96. The maximum absolute atomic E-state index is 10.5. The second-order valence-corrected chi connectivity index (χ2v) is 9.86. The molecule has 0 spiro atoms. The van der Waals surface area contributed by atoms with Crippen LogP contribution in [0.3, 0.4) is 0 Å². The maximum Gasteiger partial charge on any atom is 0.0622 e. The van der Waals surface area contributed by atoms with Gasteiger partial charge in [0.1, 0.15) is 0 Å². The van der Waals surface area contributed by atoms with Gasteiger partial charge in [0.25, 0.3) is 0 Å². The Kier molecular flexibility index (Phi) is 3.48. The quantitative estimate of drug-likeness (QED) is 0.711. The SMILES string of the molecule is CC1C[C@@H]2C3CC[C@@](C)(O)CC3CCC2[C@@H]2CCC(N)C12C. The third-order valence-corrected chi connectivity index (χ3v) is 8.89. The summed E-state index contributed by atoms with van der Waals surface area (Å²) in [6, 6.07) is 0.429. The molecule has 0 amide bonds. The summed E-state index contributed by atoms with van der Waals surface area (Å²) in [7, 11) is 0. The average Bonchev–Trinajstić information content (AvgIpc) is 2.76. The Balaban J connectivity index is 1.60. The second kappa shape index (κ2) is 4.96. The molecule has 0 aliphatic heterocycles. The molecule has 0 saturated heterocycles. The summed E-state index contributed by atoms with van der Waals surface area (Å²) in [5.74, 6) is 5.18. The predicted molar refractivity (Wildman–Crippen MR) is 90.3 cm³/mol. The van der Waals surface area contributed by atoms with E-state index < -0.39 is 5.60 Å². The third-order valence-electron chi connectivity index (χ3n) is 8.89. The van der Waals surface area contributed by atoms with Crippen molar-refractivity contribution in [2.24, 2.45) is 46.7 Å². The van der Waals surface area contributed by atoms with Gasteiger partial charge in [-0.25, -0.2) is 0 Å². The van der Waals surface area contributed by atoms with E-state index in [2.05, 4.69) is 20.8 Å². The minimum atomic E-state index is -0.390. The van der Waals surface area contributed by atoms with Crippen LogP contribution in [0.1, 0.15) is 72.1 Å². The lowest BCUT2D eigenvalue weighted by molar-refractivity contribution is -0.112. The lowest BCUT2D eigenvalue weighted by Crippen LogP contribution is -2.55. The van der Waals surface area contributed by atoms with E-state index in [1.54, 1.807) is 0 Å². The van der Waals surface area contributed by atoms with Crippen molar-refractivity contribution < 1.29 is 5.11 Å². The van der Waals surface area contributed by atoms with Crippen LogP contribution < -0.4 is 5.73 Å². The lowest BCUT2D eigenvalue weighted by atomic mass is 9.47. The molecule has 2 heteroatoms. The van der Waals surface area contributed by atoms with Gasteiger partial charge in [-0.2, -0.15) is 0 Å². The zero-order valence-electron chi connectivity index (χ0n) is 14.7. The molecule has 3 N–H and O–H groups in total. The lowest BCUT2D eigenvalue weighted by Gasteiger charge is -2.59. The third kappa shape index (κ3) is 2.05. The minimum absolute atomic E-state index is 0.390. The standard InChI is InChI=1S/C20H35NO/c1-12-10-16-14-8-9-19(2,22)11-13(14)4-5-15(16)17-6-7-18(21)20(12,17)3/h12-18,22H,4-11,21H2,1-3H3/t12?,13?,14?,15?,16-,17+,18?,19-,20?/m1/s1. The van der Waals surface area contributed by atoms with Gasteiger partial charge < -0.3 is 10.8 Å². The summed E-state index contributed by atoms with van der Waals surface area (Å²) in [6.07, 6.45) is 10.1. The molecule has 0 aromatic carbocycles. The Morgan fingerprint density at radius 1 is 0.955 bits per heavy atom. The Labute approximate surface area is 136 Å². The van der Waals surface area contributed by atoms with E-state index in [0.717, 1.165) is 48.3 Å². The number of hydrogen-bond acceptors (Lipinski definition) is 2. The van der Waals surface area contributed by atoms with Crippen molar-refractivity contribution in [3.05, 3.63) is 0 Å². The molecule has 22 heavy (non-hydrogen) atoms. The van der Waals surface area contributed by atoms with Gasteiger partial charge in [-0.15, -0.1) is 0 Å². The smallest absolute Gasteiger partial charge is 0.0622 e. The van der Waals surface area contributed by atoms with Crippen LogP contribution in [-0.4, -0.2) is 16.7 Å². The Morgan fingerprint density at radius 3 is 2.50 bits per heavy atom. The van der Waals surface area contributed by atoms with E-state index in [1.165, 1.54) is 38.5 Å². The Hall–Kier alpha value is -0.0800. The molecule has 4 rings (SSSR count). The summed E-state index contributed by atoms with van der Waals surface area (Å²) >= 11 is 0. The number of nitrogens with two attached hydrogens (primary N) is 1. The summed E-state index contributed by atoms with van der Waals surface area (Å²) < 4.78 is 0. The van der Waals surface area contributed by atoms with Crippen LogP contribution >= 0.6 is 0 Å². The molecule has 0 radical (unpaired) electrons.